The molecule has 0 aliphatic carbocycles. The van der Waals surface area contributed by atoms with Crippen LogP contribution in [-0.4, -0.2) is 13.5 Å². The fraction of sp³-hybridized carbons (Fsp3) is 0.429. The maximum absolute atomic E-state index is 7.08. The van der Waals surface area contributed by atoms with E-state index < -0.39 is 8.32 Å². The quantitative estimate of drug-likeness (QED) is 0.324. The van der Waals surface area contributed by atoms with Crippen molar-refractivity contribution in [2.45, 2.75) is 38.9 Å². The summed E-state index contributed by atoms with van der Waals surface area (Å²) in [5.74, 6) is 0.623. The number of aliphatic imine (C=N–C) groups is 1. The highest BCUT2D eigenvalue weighted by molar-refractivity contribution is 7.78. The van der Waals surface area contributed by atoms with Crippen LogP contribution >= 0.6 is 12.2 Å². The molecule has 0 spiro atoms. The Bertz CT molecular complexity index is 564. The predicted octanol–water partition coefficient (Wildman–Crippen LogP) is 5.36. The molecular weight excluding hydrogens is 272 g/mol. The van der Waals surface area contributed by atoms with E-state index in [9.17, 15) is 0 Å². The highest BCUT2D eigenvalue weighted by Crippen LogP contribution is 2.41. The van der Waals surface area contributed by atoms with E-state index in [-0.39, 0.29) is 5.04 Å². The van der Waals surface area contributed by atoms with Crippen LogP contribution < -0.4 is 4.43 Å². The van der Waals surface area contributed by atoms with Crippen LogP contribution in [0.25, 0.3) is 4.85 Å². The Balaban J connectivity index is 3.26. The van der Waals surface area contributed by atoms with Gasteiger partial charge in [0.05, 0.1) is 11.7 Å². The van der Waals surface area contributed by atoms with Crippen molar-refractivity contribution >= 4 is 37.1 Å². The molecule has 0 radical (unpaired) electrons. The zero-order chi connectivity index (χ0) is 14.7. The monoisotopic (exact) mass is 290 g/mol. The first-order chi connectivity index (χ1) is 8.71. The average Bonchev–Trinajstić information content (AvgIpc) is 2.29. The van der Waals surface area contributed by atoms with Crippen molar-refractivity contribution in [2.24, 2.45) is 4.99 Å². The molecule has 0 N–H and O–H groups in total. The second kappa shape index (κ2) is 5.66. The highest BCUT2D eigenvalue weighted by Gasteiger charge is 2.39. The molecule has 3 nitrogen and oxygen atoms in total. The Morgan fingerprint density at radius 1 is 1.37 bits per heavy atom. The summed E-state index contributed by atoms with van der Waals surface area (Å²) in [7, 11) is -1.97. The highest BCUT2D eigenvalue weighted by atomic mass is 32.1. The first-order valence-corrected chi connectivity index (χ1v) is 9.31. The molecular formula is C14H18N2OSSi. The first-order valence-electron chi connectivity index (χ1n) is 5.99. The first kappa shape index (κ1) is 15.6. The molecule has 1 aromatic carbocycles. The van der Waals surface area contributed by atoms with Crippen LogP contribution in [0, 0.1) is 6.57 Å². The summed E-state index contributed by atoms with van der Waals surface area (Å²) in [6, 6.07) is 5.17. The minimum atomic E-state index is -1.97. The van der Waals surface area contributed by atoms with Gasteiger partial charge in [0.15, 0.2) is 5.69 Å². The number of nitrogens with zero attached hydrogens (tertiary/aromatic N) is 2. The Morgan fingerprint density at radius 3 is 2.47 bits per heavy atom. The van der Waals surface area contributed by atoms with Crippen LogP contribution in [-0.2, 0) is 0 Å². The van der Waals surface area contributed by atoms with E-state index in [0.717, 1.165) is 0 Å². The van der Waals surface area contributed by atoms with Gasteiger partial charge < -0.3 is 4.43 Å². The Morgan fingerprint density at radius 2 is 2.00 bits per heavy atom. The topological polar surface area (TPSA) is 25.9 Å². The summed E-state index contributed by atoms with van der Waals surface area (Å²) in [6.45, 7) is 17.9. The Kier molecular flexibility index (Phi) is 4.64. The van der Waals surface area contributed by atoms with Crippen molar-refractivity contribution in [3.8, 4) is 5.75 Å². The predicted molar refractivity (Wildman–Crippen MR) is 85.2 cm³/mol. The fourth-order valence-corrected chi connectivity index (χ4v) is 2.34. The van der Waals surface area contributed by atoms with Crippen LogP contribution in [0.15, 0.2) is 23.2 Å². The van der Waals surface area contributed by atoms with Gasteiger partial charge in [-0.25, -0.2) is 4.85 Å². The molecule has 0 aromatic heterocycles. The summed E-state index contributed by atoms with van der Waals surface area (Å²) in [4.78, 5) is 7.43. The van der Waals surface area contributed by atoms with Gasteiger partial charge >= 0.3 is 0 Å². The van der Waals surface area contributed by atoms with Crippen molar-refractivity contribution < 1.29 is 4.43 Å². The average molecular weight is 290 g/mol. The van der Waals surface area contributed by atoms with Crippen LogP contribution in [0.1, 0.15) is 20.8 Å². The van der Waals surface area contributed by atoms with E-state index in [1.165, 1.54) is 0 Å². The van der Waals surface area contributed by atoms with Crippen molar-refractivity contribution in [3.05, 3.63) is 29.6 Å². The molecule has 0 heterocycles. The fourth-order valence-electron chi connectivity index (χ4n) is 1.22. The summed E-state index contributed by atoms with van der Waals surface area (Å²) in [5.41, 5.74) is 1.17. The molecule has 0 saturated heterocycles. The molecule has 0 unspecified atom stereocenters. The van der Waals surface area contributed by atoms with Crippen molar-refractivity contribution in [3.63, 3.8) is 0 Å². The van der Waals surface area contributed by atoms with E-state index >= 15 is 0 Å². The van der Waals surface area contributed by atoms with Gasteiger partial charge in [0.2, 0.25) is 0 Å². The lowest BCUT2D eigenvalue weighted by Gasteiger charge is -2.36. The molecule has 0 saturated carbocycles. The molecule has 0 aliphatic heterocycles. The molecule has 0 amide bonds. The summed E-state index contributed by atoms with van der Waals surface area (Å²) < 4.78 is 6.21. The number of hydrogen-bond acceptors (Lipinski definition) is 3. The zero-order valence-corrected chi connectivity index (χ0v) is 13.8. The lowest BCUT2D eigenvalue weighted by Crippen LogP contribution is -2.43. The Labute approximate surface area is 121 Å². The standard InChI is InChI=1S/C14H18N2OSSi/c1-14(2,3)19(5,6)17-13-9-11(15-4)7-8-12(13)16-10-18/h7-9H,1-3,5-6H3. The van der Waals surface area contributed by atoms with Crippen molar-refractivity contribution in [2.75, 3.05) is 0 Å². The second-order valence-electron chi connectivity index (χ2n) is 5.83. The van der Waals surface area contributed by atoms with E-state index in [0.29, 0.717) is 17.1 Å². The molecule has 1 rings (SSSR count). The molecule has 0 fully saturated rings. The number of isothiocyanates is 1. The largest absolute Gasteiger partial charge is 0.543 e. The van der Waals surface area contributed by atoms with E-state index in [1.807, 2.05) is 0 Å². The van der Waals surface area contributed by atoms with Gasteiger partial charge in [-0.15, -0.1) is 0 Å². The minimum absolute atomic E-state index is 0.0831. The second-order valence-corrected chi connectivity index (χ2v) is 10.7. The van der Waals surface area contributed by atoms with Gasteiger partial charge in [-0.1, -0.05) is 26.8 Å². The molecule has 0 aliphatic rings. The molecule has 100 valence electrons. The maximum Gasteiger partial charge on any atom is 0.250 e. The molecule has 0 bridgehead atoms. The lowest BCUT2D eigenvalue weighted by atomic mass is 10.2. The normalized spacial score (nSPS) is 11.4. The van der Waals surface area contributed by atoms with Gasteiger partial charge in [0.25, 0.3) is 8.32 Å². The van der Waals surface area contributed by atoms with Crippen LogP contribution in [0.4, 0.5) is 11.4 Å². The van der Waals surface area contributed by atoms with Gasteiger partial charge in [-0.2, -0.15) is 4.99 Å². The van der Waals surface area contributed by atoms with Crippen LogP contribution in [0.2, 0.25) is 18.1 Å². The van der Waals surface area contributed by atoms with Gasteiger partial charge in [-0.05, 0) is 42.5 Å². The molecule has 5 heteroatoms. The number of thiocarbonyl (C=S) groups is 1. The third-order valence-corrected chi connectivity index (χ3v) is 7.84. The van der Waals surface area contributed by atoms with Crippen molar-refractivity contribution in [1.29, 1.82) is 0 Å². The SMILES string of the molecule is [C-]#[N+]c1ccc(N=C=S)c(O[Si](C)(C)C(C)(C)C)c1. The van der Waals surface area contributed by atoms with Gasteiger partial charge in [0.1, 0.15) is 11.4 Å². The number of benzene rings is 1. The number of hydrogen-bond donors (Lipinski definition) is 0. The van der Waals surface area contributed by atoms with E-state index in [2.05, 4.69) is 61.1 Å². The van der Waals surface area contributed by atoms with E-state index in [4.69, 9.17) is 11.0 Å². The van der Waals surface area contributed by atoms with Crippen molar-refractivity contribution in [1.82, 2.24) is 0 Å². The molecule has 19 heavy (non-hydrogen) atoms. The summed E-state index contributed by atoms with van der Waals surface area (Å²) >= 11 is 4.65. The summed E-state index contributed by atoms with van der Waals surface area (Å²) in [5, 5.41) is 2.44. The third kappa shape index (κ3) is 3.74. The smallest absolute Gasteiger partial charge is 0.250 e. The zero-order valence-electron chi connectivity index (χ0n) is 11.9. The van der Waals surface area contributed by atoms with Gasteiger partial charge in [-0.3, -0.25) is 0 Å². The van der Waals surface area contributed by atoms with Gasteiger partial charge in [0, 0.05) is 0 Å². The lowest BCUT2D eigenvalue weighted by molar-refractivity contribution is 0.493. The summed E-state index contributed by atoms with van der Waals surface area (Å²) in [6.07, 6.45) is 0. The maximum atomic E-state index is 7.08. The Hall–Kier alpha value is -1.47. The third-order valence-electron chi connectivity index (χ3n) is 3.41. The van der Waals surface area contributed by atoms with E-state index in [1.54, 1.807) is 18.2 Å². The minimum Gasteiger partial charge on any atom is -0.543 e. The van der Waals surface area contributed by atoms with Crippen LogP contribution in [0.5, 0.6) is 5.75 Å². The molecule has 1 aromatic rings. The number of rotatable bonds is 3. The molecule has 0 atom stereocenters. The van der Waals surface area contributed by atoms with Crippen LogP contribution in [0.3, 0.4) is 0 Å².